The summed E-state index contributed by atoms with van der Waals surface area (Å²) >= 11 is 0. The van der Waals surface area contributed by atoms with Crippen LogP contribution < -0.4 is 10.6 Å². The SMILES string of the molecule is CCCCNC(=NCc1ccc(C)cc1)NCC(=O)N1CCCCC1. The predicted octanol–water partition coefficient (Wildman–Crippen LogP) is 2.84. The Balaban J connectivity index is 1.88. The van der Waals surface area contributed by atoms with E-state index < -0.39 is 0 Å². The molecule has 1 aliphatic rings. The topological polar surface area (TPSA) is 56.7 Å². The standard InChI is InChI=1S/C20H32N4O/c1-3-4-12-21-20(22-15-18-10-8-17(2)9-11-18)23-16-19(25)24-13-6-5-7-14-24/h8-11H,3-7,12-16H2,1-2H3,(H2,21,22,23). The van der Waals surface area contributed by atoms with E-state index in [1.807, 2.05) is 4.90 Å². The lowest BCUT2D eigenvalue weighted by molar-refractivity contribution is -0.130. The largest absolute Gasteiger partial charge is 0.356 e. The highest BCUT2D eigenvalue weighted by atomic mass is 16.2. The summed E-state index contributed by atoms with van der Waals surface area (Å²) < 4.78 is 0. The summed E-state index contributed by atoms with van der Waals surface area (Å²) in [7, 11) is 0. The molecule has 25 heavy (non-hydrogen) atoms. The van der Waals surface area contributed by atoms with Crippen LogP contribution in [0.1, 0.15) is 50.2 Å². The first-order chi connectivity index (χ1) is 12.2. The van der Waals surface area contributed by atoms with Gasteiger partial charge in [-0.05, 0) is 38.2 Å². The molecule has 0 unspecified atom stereocenters. The van der Waals surface area contributed by atoms with Crippen molar-refractivity contribution in [2.75, 3.05) is 26.2 Å². The molecule has 0 atom stereocenters. The molecule has 1 aromatic rings. The van der Waals surface area contributed by atoms with Crippen LogP contribution >= 0.6 is 0 Å². The molecule has 0 saturated carbocycles. The maximum atomic E-state index is 12.3. The molecule has 1 amide bonds. The van der Waals surface area contributed by atoms with Crippen LogP contribution in [0.25, 0.3) is 0 Å². The van der Waals surface area contributed by atoms with Gasteiger partial charge in [-0.1, -0.05) is 43.2 Å². The van der Waals surface area contributed by atoms with Gasteiger partial charge in [0.15, 0.2) is 5.96 Å². The first-order valence-electron chi connectivity index (χ1n) is 9.54. The van der Waals surface area contributed by atoms with E-state index in [0.717, 1.165) is 51.3 Å². The van der Waals surface area contributed by atoms with Gasteiger partial charge in [-0.3, -0.25) is 4.79 Å². The minimum absolute atomic E-state index is 0.167. The van der Waals surface area contributed by atoms with Crippen molar-refractivity contribution in [2.45, 2.75) is 52.5 Å². The molecule has 0 radical (unpaired) electrons. The van der Waals surface area contributed by atoms with Crippen LogP contribution in [0.4, 0.5) is 0 Å². The van der Waals surface area contributed by atoms with E-state index in [9.17, 15) is 4.79 Å². The monoisotopic (exact) mass is 344 g/mol. The van der Waals surface area contributed by atoms with E-state index in [1.54, 1.807) is 0 Å². The van der Waals surface area contributed by atoms with Crippen molar-refractivity contribution >= 4 is 11.9 Å². The lowest BCUT2D eigenvalue weighted by Gasteiger charge is -2.27. The van der Waals surface area contributed by atoms with Crippen LogP contribution in [0.3, 0.4) is 0 Å². The van der Waals surface area contributed by atoms with Crippen LogP contribution in [-0.4, -0.2) is 42.9 Å². The van der Waals surface area contributed by atoms with Crippen LogP contribution in [0.5, 0.6) is 0 Å². The number of benzene rings is 1. The molecule has 0 bridgehead atoms. The van der Waals surface area contributed by atoms with Gasteiger partial charge in [-0.25, -0.2) is 4.99 Å². The summed E-state index contributed by atoms with van der Waals surface area (Å²) in [6, 6.07) is 8.40. The summed E-state index contributed by atoms with van der Waals surface area (Å²) in [5.41, 5.74) is 2.42. The summed E-state index contributed by atoms with van der Waals surface area (Å²) in [5.74, 6) is 0.888. The molecule has 1 fully saturated rings. The second-order valence-electron chi connectivity index (χ2n) is 6.73. The zero-order chi connectivity index (χ0) is 17.9. The van der Waals surface area contributed by atoms with E-state index in [4.69, 9.17) is 0 Å². The van der Waals surface area contributed by atoms with Crippen molar-refractivity contribution in [3.05, 3.63) is 35.4 Å². The number of aliphatic imine (C=N–C) groups is 1. The Hall–Kier alpha value is -2.04. The highest BCUT2D eigenvalue weighted by Gasteiger charge is 2.16. The highest BCUT2D eigenvalue weighted by molar-refractivity contribution is 5.86. The van der Waals surface area contributed by atoms with Crippen molar-refractivity contribution in [3.8, 4) is 0 Å². The third-order valence-corrected chi connectivity index (χ3v) is 4.48. The number of hydrogen-bond acceptors (Lipinski definition) is 2. The molecule has 5 nitrogen and oxygen atoms in total. The van der Waals surface area contributed by atoms with E-state index in [0.29, 0.717) is 13.1 Å². The zero-order valence-corrected chi connectivity index (χ0v) is 15.7. The number of carbonyl (C=O) groups excluding carboxylic acids is 1. The molecule has 1 saturated heterocycles. The second kappa shape index (κ2) is 10.7. The normalized spacial score (nSPS) is 15.1. The number of unbranched alkanes of at least 4 members (excludes halogenated alkanes) is 1. The van der Waals surface area contributed by atoms with Crippen molar-refractivity contribution < 1.29 is 4.79 Å². The highest BCUT2D eigenvalue weighted by Crippen LogP contribution is 2.08. The van der Waals surface area contributed by atoms with Gasteiger partial charge in [0.2, 0.25) is 5.91 Å². The van der Waals surface area contributed by atoms with Gasteiger partial charge in [0.05, 0.1) is 13.1 Å². The fourth-order valence-electron chi connectivity index (χ4n) is 2.84. The molecule has 2 rings (SSSR count). The molecule has 1 aliphatic heterocycles. The van der Waals surface area contributed by atoms with E-state index >= 15 is 0 Å². The molecule has 0 aromatic heterocycles. The zero-order valence-electron chi connectivity index (χ0n) is 15.7. The van der Waals surface area contributed by atoms with Crippen molar-refractivity contribution in [1.82, 2.24) is 15.5 Å². The first kappa shape index (κ1) is 19.3. The second-order valence-corrected chi connectivity index (χ2v) is 6.73. The van der Waals surface area contributed by atoms with Gasteiger partial charge in [0.1, 0.15) is 0 Å². The number of piperidine rings is 1. The van der Waals surface area contributed by atoms with Crippen LogP contribution in [0, 0.1) is 6.92 Å². The lowest BCUT2D eigenvalue weighted by atomic mass is 10.1. The number of amides is 1. The number of aryl methyl sites for hydroxylation is 1. The Morgan fingerprint density at radius 2 is 1.84 bits per heavy atom. The molecule has 5 heteroatoms. The number of likely N-dealkylation sites (tertiary alicyclic amines) is 1. The summed E-state index contributed by atoms with van der Waals surface area (Å²) in [5, 5.41) is 6.53. The Labute approximate surface area is 151 Å². The summed E-state index contributed by atoms with van der Waals surface area (Å²) in [6.07, 6.45) is 5.69. The maximum Gasteiger partial charge on any atom is 0.241 e. The molecule has 2 N–H and O–H groups in total. The Morgan fingerprint density at radius 3 is 2.52 bits per heavy atom. The third kappa shape index (κ3) is 7.16. The van der Waals surface area contributed by atoms with Crippen molar-refractivity contribution in [3.63, 3.8) is 0 Å². The van der Waals surface area contributed by atoms with Gasteiger partial charge in [0.25, 0.3) is 0 Å². The predicted molar refractivity (Wildman–Crippen MR) is 104 cm³/mol. The maximum absolute atomic E-state index is 12.3. The number of guanidine groups is 1. The number of carbonyl (C=O) groups is 1. The average Bonchev–Trinajstić information content (AvgIpc) is 2.65. The smallest absolute Gasteiger partial charge is 0.241 e. The molecular weight excluding hydrogens is 312 g/mol. The van der Waals surface area contributed by atoms with Gasteiger partial charge in [0, 0.05) is 19.6 Å². The lowest BCUT2D eigenvalue weighted by Crippen LogP contribution is -2.46. The minimum atomic E-state index is 0.167. The van der Waals surface area contributed by atoms with Crippen molar-refractivity contribution in [2.24, 2.45) is 4.99 Å². The number of nitrogens with zero attached hydrogens (tertiary/aromatic N) is 2. The van der Waals surface area contributed by atoms with Crippen LogP contribution in [-0.2, 0) is 11.3 Å². The quantitative estimate of drug-likeness (QED) is 0.454. The van der Waals surface area contributed by atoms with Gasteiger partial charge >= 0.3 is 0 Å². The van der Waals surface area contributed by atoms with Crippen LogP contribution in [0.15, 0.2) is 29.3 Å². The minimum Gasteiger partial charge on any atom is -0.356 e. The fourth-order valence-corrected chi connectivity index (χ4v) is 2.84. The molecular formula is C20H32N4O. The summed E-state index contributed by atoms with van der Waals surface area (Å²) in [6.45, 7) is 7.82. The molecule has 0 aliphatic carbocycles. The molecule has 1 heterocycles. The van der Waals surface area contributed by atoms with E-state index in [-0.39, 0.29) is 5.91 Å². The number of rotatable bonds is 7. The van der Waals surface area contributed by atoms with Crippen molar-refractivity contribution in [1.29, 1.82) is 0 Å². The number of hydrogen-bond donors (Lipinski definition) is 2. The van der Waals surface area contributed by atoms with Crippen LogP contribution in [0.2, 0.25) is 0 Å². The van der Waals surface area contributed by atoms with E-state index in [1.165, 1.54) is 17.5 Å². The molecule has 138 valence electrons. The first-order valence-corrected chi connectivity index (χ1v) is 9.54. The third-order valence-electron chi connectivity index (χ3n) is 4.48. The summed E-state index contributed by atoms with van der Waals surface area (Å²) in [4.78, 5) is 18.9. The van der Waals surface area contributed by atoms with Gasteiger partial charge in [-0.15, -0.1) is 0 Å². The number of nitrogens with one attached hydrogen (secondary N) is 2. The Kier molecular flexibility index (Phi) is 8.29. The fraction of sp³-hybridized carbons (Fsp3) is 0.600. The Morgan fingerprint density at radius 1 is 1.12 bits per heavy atom. The van der Waals surface area contributed by atoms with Gasteiger partial charge in [-0.2, -0.15) is 0 Å². The molecule has 0 spiro atoms. The average molecular weight is 345 g/mol. The van der Waals surface area contributed by atoms with E-state index in [2.05, 4.69) is 53.7 Å². The Bertz CT molecular complexity index is 547. The van der Waals surface area contributed by atoms with Gasteiger partial charge < -0.3 is 15.5 Å². The molecule has 1 aromatic carbocycles.